The van der Waals surface area contributed by atoms with Gasteiger partial charge >= 0.3 is 0 Å². The minimum absolute atomic E-state index is 0.152. The van der Waals surface area contributed by atoms with Gasteiger partial charge in [0.15, 0.2) is 6.29 Å². The Morgan fingerprint density at radius 3 is 2.48 bits per heavy atom. The maximum atomic E-state index is 11.4. The summed E-state index contributed by atoms with van der Waals surface area (Å²) in [7, 11) is 0. The Morgan fingerprint density at radius 1 is 1.05 bits per heavy atom. The van der Waals surface area contributed by atoms with Crippen molar-refractivity contribution in [1.82, 2.24) is 9.78 Å². The third-order valence-electron chi connectivity index (χ3n) is 3.60. The third kappa shape index (κ3) is 2.35. The Hall–Kier alpha value is -2.42. The van der Waals surface area contributed by atoms with Crippen LogP contribution in [-0.4, -0.2) is 16.1 Å². The van der Waals surface area contributed by atoms with Gasteiger partial charge < -0.3 is 0 Å². The molecule has 2 aromatic carbocycles. The summed E-state index contributed by atoms with van der Waals surface area (Å²) in [6, 6.07) is 14.2. The molecule has 0 radical (unpaired) electrons. The molecule has 0 aliphatic rings. The van der Waals surface area contributed by atoms with Crippen LogP contribution < -0.4 is 0 Å². The Morgan fingerprint density at radius 2 is 1.76 bits per heavy atom. The molecule has 0 atom stereocenters. The monoisotopic (exact) mass is 278 g/mol. The molecule has 0 bridgehead atoms. The van der Waals surface area contributed by atoms with E-state index in [0.29, 0.717) is 5.56 Å². The third-order valence-corrected chi connectivity index (χ3v) is 3.60. The van der Waals surface area contributed by atoms with Crippen molar-refractivity contribution in [3.05, 3.63) is 54.2 Å². The highest BCUT2D eigenvalue weighted by Gasteiger charge is 2.19. The number of carbonyl (C=O) groups is 1. The van der Waals surface area contributed by atoms with Crippen molar-refractivity contribution in [2.45, 2.75) is 26.3 Å². The van der Waals surface area contributed by atoms with Crippen LogP contribution in [0, 0.1) is 0 Å². The van der Waals surface area contributed by atoms with E-state index >= 15 is 0 Å². The number of aldehydes is 1. The second-order valence-electron chi connectivity index (χ2n) is 6.19. The molecular formula is C18H18N2O. The molecule has 3 heteroatoms. The molecule has 0 aliphatic heterocycles. The van der Waals surface area contributed by atoms with Crippen LogP contribution in [0.2, 0.25) is 0 Å². The van der Waals surface area contributed by atoms with Crippen LogP contribution >= 0.6 is 0 Å². The lowest BCUT2D eigenvalue weighted by Gasteiger charge is -2.18. The zero-order chi connectivity index (χ0) is 15.0. The van der Waals surface area contributed by atoms with Gasteiger partial charge in [-0.25, -0.2) is 0 Å². The summed E-state index contributed by atoms with van der Waals surface area (Å²) in [4.78, 5) is 11.4. The molecule has 0 unspecified atom stereocenters. The Balaban J connectivity index is 2.28. The Labute approximate surface area is 124 Å². The number of benzene rings is 2. The molecule has 3 rings (SSSR count). The lowest BCUT2D eigenvalue weighted by Crippen LogP contribution is -2.22. The standard InChI is InChI=1S/C18H18N2O/c1-18(2,3)20-11-14(12-21)17(19-20)16-10-6-8-13-7-4-5-9-15(13)16/h4-12H,1-3H3. The lowest BCUT2D eigenvalue weighted by atomic mass is 10.0. The van der Waals surface area contributed by atoms with Crippen molar-refractivity contribution < 1.29 is 4.79 Å². The van der Waals surface area contributed by atoms with Crippen LogP contribution in [-0.2, 0) is 5.54 Å². The number of hydrogen-bond acceptors (Lipinski definition) is 2. The van der Waals surface area contributed by atoms with Gasteiger partial charge in [-0.1, -0.05) is 42.5 Å². The highest BCUT2D eigenvalue weighted by atomic mass is 16.1. The van der Waals surface area contributed by atoms with E-state index in [4.69, 9.17) is 0 Å². The SMILES string of the molecule is CC(C)(C)n1cc(C=O)c(-c2cccc3ccccc23)n1. The van der Waals surface area contributed by atoms with Gasteiger partial charge in [-0.05, 0) is 31.5 Å². The first-order valence-electron chi connectivity index (χ1n) is 7.04. The molecule has 21 heavy (non-hydrogen) atoms. The van der Waals surface area contributed by atoms with E-state index in [2.05, 4.69) is 44.1 Å². The van der Waals surface area contributed by atoms with Gasteiger partial charge in [0, 0.05) is 11.8 Å². The fraction of sp³-hybridized carbons (Fsp3) is 0.222. The van der Waals surface area contributed by atoms with Crippen molar-refractivity contribution in [1.29, 1.82) is 0 Å². The van der Waals surface area contributed by atoms with E-state index in [1.165, 1.54) is 0 Å². The number of nitrogens with zero attached hydrogens (tertiary/aromatic N) is 2. The summed E-state index contributed by atoms with van der Waals surface area (Å²) in [5.74, 6) is 0. The Bertz CT molecular complexity index is 804. The second-order valence-corrected chi connectivity index (χ2v) is 6.19. The summed E-state index contributed by atoms with van der Waals surface area (Å²) < 4.78 is 1.86. The normalized spacial score (nSPS) is 11.8. The molecular weight excluding hydrogens is 260 g/mol. The predicted molar refractivity (Wildman–Crippen MR) is 85.6 cm³/mol. The average Bonchev–Trinajstić information content (AvgIpc) is 2.91. The van der Waals surface area contributed by atoms with Gasteiger partial charge in [-0.2, -0.15) is 5.10 Å². The van der Waals surface area contributed by atoms with Crippen molar-refractivity contribution in [3.63, 3.8) is 0 Å². The first kappa shape index (κ1) is 13.6. The quantitative estimate of drug-likeness (QED) is 0.656. The van der Waals surface area contributed by atoms with Gasteiger partial charge in [0.2, 0.25) is 0 Å². The first-order valence-corrected chi connectivity index (χ1v) is 7.04. The topological polar surface area (TPSA) is 34.9 Å². The molecule has 0 N–H and O–H groups in total. The molecule has 0 saturated carbocycles. The molecule has 1 heterocycles. The van der Waals surface area contributed by atoms with Crippen LogP contribution in [0.25, 0.3) is 22.0 Å². The number of fused-ring (bicyclic) bond motifs is 1. The van der Waals surface area contributed by atoms with Crippen molar-refractivity contribution in [2.75, 3.05) is 0 Å². The van der Waals surface area contributed by atoms with E-state index in [9.17, 15) is 4.79 Å². The molecule has 106 valence electrons. The molecule has 0 fully saturated rings. The minimum atomic E-state index is -0.152. The highest BCUT2D eigenvalue weighted by Crippen LogP contribution is 2.30. The van der Waals surface area contributed by atoms with E-state index in [1.54, 1.807) is 0 Å². The zero-order valence-electron chi connectivity index (χ0n) is 12.5. The van der Waals surface area contributed by atoms with Gasteiger partial charge in [-0.15, -0.1) is 0 Å². The lowest BCUT2D eigenvalue weighted by molar-refractivity contribution is 0.112. The van der Waals surface area contributed by atoms with Crippen LogP contribution in [0.5, 0.6) is 0 Å². The summed E-state index contributed by atoms with van der Waals surface area (Å²) in [5, 5.41) is 6.92. The summed E-state index contributed by atoms with van der Waals surface area (Å²) in [6.45, 7) is 6.21. The van der Waals surface area contributed by atoms with Crippen LogP contribution in [0.4, 0.5) is 0 Å². The van der Waals surface area contributed by atoms with E-state index in [0.717, 1.165) is 28.3 Å². The highest BCUT2D eigenvalue weighted by molar-refractivity contribution is 5.99. The van der Waals surface area contributed by atoms with Crippen LogP contribution in [0.1, 0.15) is 31.1 Å². The zero-order valence-corrected chi connectivity index (χ0v) is 12.5. The Kier molecular flexibility index (Phi) is 3.13. The number of carbonyl (C=O) groups excluding carboxylic acids is 1. The number of rotatable bonds is 2. The van der Waals surface area contributed by atoms with Crippen LogP contribution in [0.15, 0.2) is 48.7 Å². The van der Waals surface area contributed by atoms with E-state index in [1.807, 2.05) is 35.1 Å². The summed E-state index contributed by atoms with van der Waals surface area (Å²) in [6.07, 6.45) is 2.70. The molecule has 1 aromatic heterocycles. The van der Waals surface area contributed by atoms with Gasteiger partial charge in [-0.3, -0.25) is 9.48 Å². The van der Waals surface area contributed by atoms with Crippen molar-refractivity contribution >= 4 is 17.1 Å². The smallest absolute Gasteiger partial charge is 0.153 e. The fourth-order valence-electron chi connectivity index (χ4n) is 2.46. The van der Waals surface area contributed by atoms with Crippen molar-refractivity contribution in [3.8, 4) is 11.3 Å². The number of aromatic nitrogens is 2. The summed E-state index contributed by atoms with van der Waals surface area (Å²) in [5.41, 5.74) is 2.22. The molecule has 0 saturated heterocycles. The molecule has 0 spiro atoms. The first-order chi connectivity index (χ1) is 10.0. The maximum Gasteiger partial charge on any atom is 0.153 e. The van der Waals surface area contributed by atoms with Crippen molar-refractivity contribution in [2.24, 2.45) is 0 Å². The maximum absolute atomic E-state index is 11.4. The van der Waals surface area contributed by atoms with Gasteiger partial charge in [0.05, 0.1) is 11.1 Å². The molecule has 0 amide bonds. The fourth-order valence-corrected chi connectivity index (χ4v) is 2.46. The van der Waals surface area contributed by atoms with E-state index < -0.39 is 0 Å². The molecule has 3 aromatic rings. The largest absolute Gasteiger partial charge is 0.298 e. The predicted octanol–water partition coefficient (Wildman–Crippen LogP) is 4.27. The van der Waals surface area contributed by atoms with Gasteiger partial charge in [0.25, 0.3) is 0 Å². The molecule has 0 aliphatic carbocycles. The van der Waals surface area contributed by atoms with Gasteiger partial charge in [0.1, 0.15) is 5.69 Å². The van der Waals surface area contributed by atoms with E-state index in [-0.39, 0.29) is 5.54 Å². The number of hydrogen-bond donors (Lipinski definition) is 0. The second kappa shape index (κ2) is 4.85. The molecule has 3 nitrogen and oxygen atoms in total. The average molecular weight is 278 g/mol. The minimum Gasteiger partial charge on any atom is -0.298 e. The summed E-state index contributed by atoms with van der Waals surface area (Å²) >= 11 is 0. The van der Waals surface area contributed by atoms with Crippen LogP contribution in [0.3, 0.4) is 0 Å².